The number of hydrogen-bond acceptors (Lipinski definition) is 3. The molecule has 2 aliphatic rings. The molecule has 1 aliphatic heterocycles. The lowest BCUT2D eigenvalue weighted by molar-refractivity contribution is -0.124. The Morgan fingerprint density at radius 2 is 2.27 bits per heavy atom. The molecule has 1 aliphatic carbocycles. The van der Waals surface area contributed by atoms with Crippen molar-refractivity contribution in [2.24, 2.45) is 0 Å². The first-order chi connectivity index (χ1) is 10.2. The predicted octanol–water partition coefficient (Wildman–Crippen LogP) is 3.46. The number of rotatable bonds is 4. The second-order valence-electron chi connectivity index (χ2n) is 5.92. The minimum absolute atomic E-state index is 0. The molecule has 3 nitrogen and oxygen atoms in total. The first-order valence-corrected chi connectivity index (χ1v) is 9.51. The second kappa shape index (κ2) is 8.04. The highest BCUT2D eigenvalue weighted by Gasteiger charge is 2.40. The van der Waals surface area contributed by atoms with Crippen LogP contribution < -0.4 is 10.6 Å². The zero-order chi connectivity index (χ0) is 14.7. The Morgan fingerprint density at radius 1 is 1.45 bits per heavy atom. The number of amides is 1. The molecule has 1 unspecified atom stereocenters. The number of hydrogen-bond donors (Lipinski definition) is 2. The van der Waals surface area contributed by atoms with Gasteiger partial charge in [-0.3, -0.25) is 4.79 Å². The van der Waals surface area contributed by atoms with Crippen LogP contribution in [-0.2, 0) is 10.3 Å². The van der Waals surface area contributed by atoms with E-state index < -0.39 is 0 Å². The maximum absolute atomic E-state index is 12.4. The molecule has 22 heavy (non-hydrogen) atoms. The van der Waals surface area contributed by atoms with E-state index in [-0.39, 0.29) is 23.9 Å². The molecule has 0 spiro atoms. The normalized spacial score (nSPS) is 23.0. The summed E-state index contributed by atoms with van der Waals surface area (Å²) in [6.45, 7) is 1.01. The van der Waals surface area contributed by atoms with Gasteiger partial charge in [0.1, 0.15) is 0 Å². The van der Waals surface area contributed by atoms with Crippen LogP contribution in [0.15, 0.2) is 28.7 Å². The molecule has 1 aromatic carbocycles. The van der Waals surface area contributed by atoms with E-state index in [1.165, 1.54) is 12.0 Å². The lowest BCUT2D eigenvalue weighted by atomic mass is 9.71. The van der Waals surface area contributed by atoms with Gasteiger partial charge in [0.15, 0.2) is 0 Å². The van der Waals surface area contributed by atoms with Crippen molar-refractivity contribution in [3.8, 4) is 0 Å². The van der Waals surface area contributed by atoms with Crippen molar-refractivity contribution in [1.29, 1.82) is 0 Å². The quantitative estimate of drug-likeness (QED) is 0.806. The predicted molar refractivity (Wildman–Crippen MR) is 98.8 cm³/mol. The Hall–Kier alpha value is -0.230. The summed E-state index contributed by atoms with van der Waals surface area (Å²) in [5.41, 5.74) is 1.09. The van der Waals surface area contributed by atoms with Crippen LogP contribution in [0.25, 0.3) is 0 Å². The summed E-state index contributed by atoms with van der Waals surface area (Å²) in [6.07, 6.45) is 3.86. The number of benzene rings is 1. The van der Waals surface area contributed by atoms with Crippen LogP contribution in [0.2, 0.25) is 0 Å². The van der Waals surface area contributed by atoms with Crippen molar-refractivity contribution in [3.05, 3.63) is 34.3 Å². The van der Waals surface area contributed by atoms with Crippen molar-refractivity contribution in [2.45, 2.75) is 37.3 Å². The lowest BCUT2D eigenvalue weighted by Gasteiger charge is -2.43. The molecule has 0 bridgehead atoms. The van der Waals surface area contributed by atoms with Gasteiger partial charge in [-0.25, -0.2) is 0 Å². The summed E-state index contributed by atoms with van der Waals surface area (Å²) in [4.78, 5) is 12.4. The van der Waals surface area contributed by atoms with E-state index in [1.807, 2.05) is 23.9 Å². The lowest BCUT2D eigenvalue weighted by Crippen LogP contribution is -2.52. The van der Waals surface area contributed by atoms with Gasteiger partial charge in [0.05, 0.1) is 5.54 Å². The third-order valence-corrected chi connectivity index (χ3v) is 6.02. The first kappa shape index (κ1) is 18.1. The number of thioether (sulfide) groups is 1. The smallest absolute Gasteiger partial charge is 0.222 e. The molecule has 1 heterocycles. The van der Waals surface area contributed by atoms with E-state index in [9.17, 15) is 4.79 Å². The molecular weight excluding hydrogens is 384 g/mol. The van der Waals surface area contributed by atoms with Crippen molar-refractivity contribution in [1.82, 2.24) is 10.6 Å². The van der Waals surface area contributed by atoms with Crippen molar-refractivity contribution < 1.29 is 4.79 Å². The molecule has 2 fully saturated rings. The average Bonchev–Trinajstić information content (AvgIpc) is 2.44. The highest BCUT2D eigenvalue weighted by Crippen LogP contribution is 2.42. The molecular formula is C16H22BrClN2OS. The molecule has 0 aromatic heterocycles. The SMILES string of the molecule is Cl.O=C(CC1CSCCN1)NC1(c2cccc(Br)c2)CCC1. The maximum Gasteiger partial charge on any atom is 0.222 e. The Labute approximate surface area is 150 Å². The van der Waals surface area contributed by atoms with Gasteiger partial charge in [-0.05, 0) is 37.0 Å². The van der Waals surface area contributed by atoms with Gasteiger partial charge >= 0.3 is 0 Å². The van der Waals surface area contributed by atoms with Gasteiger partial charge in [-0.2, -0.15) is 11.8 Å². The number of halogens is 2. The maximum atomic E-state index is 12.4. The minimum Gasteiger partial charge on any atom is -0.347 e. The molecule has 6 heteroatoms. The van der Waals surface area contributed by atoms with Crippen LogP contribution >= 0.6 is 40.1 Å². The molecule has 0 radical (unpaired) electrons. The molecule has 1 aromatic rings. The molecule has 3 rings (SSSR count). The molecule has 122 valence electrons. The molecule has 2 N–H and O–H groups in total. The number of carbonyl (C=O) groups excluding carboxylic acids is 1. The summed E-state index contributed by atoms with van der Waals surface area (Å²) in [5, 5.41) is 6.74. The number of carbonyl (C=O) groups is 1. The fraction of sp³-hybridized carbons (Fsp3) is 0.562. The summed E-state index contributed by atoms with van der Waals surface area (Å²) in [5.74, 6) is 2.37. The first-order valence-electron chi connectivity index (χ1n) is 7.56. The average molecular weight is 406 g/mol. The van der Waals surface area contributed by atoms with Gasteiger partial charge in [0.25, 0.3) is 0 Å². The summed E-state index contributed by atoms with van der Waals surface area (Å²) in [7, 11) is 0. The summed E-state index contributed by atoms with van der Waals surface area (Å²) < 4.78 is 1.07. The summed E-state index contributed by atoms with van der Waals surface area (Å²) in [6, 6.07) is 8.65. The fourth-order valence-electron chi connectivity index (χ4n) is 3.09. The van der Waals surface area contributed by atoms with E-state index in [0.717, 1.165) is 35.4 Å². The van der Waals surface area contributed by atoms with E-state index in [2.05, 4.69) is 38.7 Å². The highest BCUT2D eigenvalue weighted by molar-refractivity contribution is 9.10. The van der Waals surface area contributed by atoms with Crippen molar-refractivity contribution >= 4 is 46.0 Å². The van der Waals surface area contributed by atoms with Crippen LogP contribution in [0.4, 0.5) is 0 Å². The Bertz CT molecular complexity index is 519. The van der Waals surface area contributed by atoms with E-state index in [0.29, 0.717) is 12.5 Å². The van der Waals surface area contributed by atoms with Gasteiger partial charge < -0.3 is 10.6 Å². The van der Waals surface area contributed by atoms with Gasteiger partial charge in [-0.1, -0.05) is 28.1 Å². The minimum atomic E-state index is -0.136. The van der Waals surface area contributed by atoms with Gasteiger partial charge in [0, 0.05) is 35.0 Å². The van der Waals surface area contributed by atoms with Crippen LogP contribution in [0.5, 0.6) is 0 Å². The van der Waals surface area contributed by atoms with Crippen molar-refractivity contribution in [2.75, 3.05) is 18.1 Å². The topological polar surface area (TPSA) is 41.1 Å². The molecule has 1 atom stereocenters. The number of nitrogens with one attached hydrogen (secondary N) is 2. The monoisotopic (exact) mass is 404 g/mol. The van der Waals surface area contributed by atoms with E-state index in [1.54, 1.807) is 0 Å². The van der Waals surface area contributed by atoms with Crippen LogP contribution in [0.1, 0.15) is 31.2 Å². The summed E-state index contributed by atoms with van der Waals surface area (Å²) >= 11 is 5.46. The van der Waals surface area contributed by atoms with Gasteiger partial charge in [0.2, 0.25) is 5.91 Å². The standard InChI is InChI=1S/C16H21BrN2OS.ClH/c17-13-4-1-3-12(9-13)16(5-2-6-16)19-15(20)10-14-11-21-8-7-18-14;/h1,3-4,9,14,18H,2,5-8,10-11H2,(H,19,20);1H. The highest BCUT2D eigenvalue weighted by atomic mass is 79.9. The third-order valence-electron chi connectivity index (χ3n) is 4.39. The van der Waals surface area contributed by atoms with Gasteiger partial charge in [-0.15, -0.1) is 12.4 Å². The Kier molecular flexibility index (Phi) is 6.62. The zero-order valence-electron chi connectivity index (χ0n) is 12.4. The van der Waals surface area contributed by atoms with Crippen LogP contribution in [-0.4, -0.2) is 30.0 Å². The third kappa shape index (κ3) is 4.19. The second-order valence-corrected chi connectivity index (χ2v) is 7.99. The van der Waals surface area contributed by atoms with E-state index >= 15 is 0 Å². The molecule has 1 saturated heterocycles. The Morgan fingerprint density at radius 3 is 2.86 bits per heavy atom. The van der Waals surface area contributed by atoms with Crippen LogP contribution in [0, 0.1) is 0 Å². The largest absolute Gasteiger partial charge is 0.347 e. The fourth-order valence-corrected chi connectivity index (χ4v) is 4.44. The molecule has 1 saturated carbocycles. The molecule has 1 amide bonds. The zero-order valence-corrected chi connectivity index (χ0v) is 15.7. The Balaban J connectivity index is 0.00000176. The van der Waals surface area contributed by atoms with E-state index in [4.69, 9.17) is 0 Å². The van der Waals surface area contributed by atoms with Crippen molar-refractivity contribution in [3.63, 3.8) is 0 Å². The van der Waals surface area contributed by atoms with Crippen LogP contribution in [0.3, 0.4) is 0 Å².